The summed E-state index contributed by atoms with van der Waals surface area (Å²) in [5.41, 5.74) is 2.69. The Balaban J connectivity index is 1.53. The fraction of sp³-hybridized carbons (Fsp3) is 0.350. The number of carbonyl (C=O) groups is 1. The molecule has 0 spiro atoms. The minimum atomic E-state index is -0.125. The molecule has 0 bridgehead atoms. The number of rotatable bonds is 5. The zero-order valence-electron chi connectivity index (χ0n) is 14.5. The monoisotopic (exact) mass is 339 g/mol. The second-order valence-corrected chi connectivity index (χ2v) is 6.37. The van der Waals surface area contributed by atoms with Gasteiger partial charge in [-0.15, -0.1) is 0 Å². The van der Waals surface area contributed by atoms with Gasteiger partial charge in [-0.3, -0.25) is 0 Å². The molecular formula is C20H25N3O2. The molecule has 3 rings (SSSR count). The van der Waals surface area contributed by atoms with Crippen LogP contribution in [0.4, 0.5) is 21.9 Å². The van der Waals surface area contributed by atoms with Crippen LogP contribution in [-0.4, -0.2) is 19.2 Å². The predicted molar refractivity (Wildman–Crippen MR) is 102 cm³/mol. The number of carbonyl (C=O) groups excluding carboxylic acids is 1. The molecule has 3 N–H and O–H groups in total. The van der Waals surface area contributed by atoms with E-state index in [2.05, 4.69) is 16.0 Å². The average molecular weight is 339 g/mol. The maximum Gasteiger partial charge on any atom is 0.319 e. The van der Waals surface area contributed by atoms with E-state index in [1.807, 2.05) is 48.5 Å². The third-order valence-corrected chi connectivity index (χ3v) is 4.44. The SMILES string of the molecule is COc1cccc(Nc2ccc(NC(=O)NC3CCCCC3)cc2)c1. The number of urea groups is 1. The van der Waals surface area contributed by atoms with Crippen LogP contribution < -0.4 is 20.7 Å². The Kier molecular flexibility index (Phi) is 5.77. The van der Waals surface area contributed by atoms with Gasteiger partial charge in [0, 0.05) is 29.2 Å². The zero-order valence-corrected chi connectivity index (χ0v) is 14.5. The summed E-state index contributed by atoms with van der Waals surface area (Å²) in [6.07, 6.45) is 5.85. The van der Waals surface area contributed by atoms with Crippen LogP contribution in [0.15, 0.2) is 48.5 Å². The van der Waals surface area contributed by atoms with Gasteiger partial charge in [0.15, 0.2) is 0 Å². The third kappa shape index (κ3) is 5.14. The van der Waals surface area contributed by atoms with E-state index in [1.54, 1.807) is 7.11 Å². The number of hydrogen-bond donors (Lipinski definition) is 3. The van der Waals surface area contributed by atoms with Crippen molar-refractivity contribution >= 4 is 23.1 Å². The number of nitrogens with one attached hydrogen (secondary N) is 3. The molecule has 1 aliphatic rings. The Hall–Kier alpha value is -2.69. The Labute approximate surface area is 148 Å². The quantitative estimate of drug-likeness (QED) is 0.726. The van der Waals surface area contributed by atoms with Gasteiger partial charge in [0.1, 0.15) is 5.75 Å². The second-order valence-electron chi connectivity index (χ2n) is 6.37. The van der Waals surface area contributed by atoms with Gasteiger partial charge in [0.25, 0.3) is 0 Å². The smallest absolute Gasteiger partial charge is 0.319 e. The lowest BCUT2D eigenvalue weighted by Crippen LogP contribution is -2.38. The molecule has 5 heteroatoms. The highest BCUT2D eigenvalue weighted by Crippen LogP contribution is 2.22. The molecular weight excluding hydrogens is 314 g/mol. The van der Waals surface area contributed by atoms with Crippen LogP contribution in [-0.2, 0) is 0 Å². The van der Waals surface area contributed by atoms with Crippen LogP contribution in [0.1, 0.15) is 32.1 Å². The summed E-state index contributed by atoms with van der Waals surface area (Å²) in [6.45, 7) is 0. The van der Waals surface area contributed by atoms with E-state index in [-0.39, 0.29) is 6.03 Å². The maximum absolute atomic E-state index is 12.1. The first-order valence-electron chi connectivity index (χ1n) is 8.81. The van der Waals surface area contributed by atoms with Crippen LogP contribution in [0, 0.1) is 0 Å². The molecule has 2 amide bonds. The summed E-state index contributed by atoms with van der Waals surface area (Å²) in [5.74, 6) is 0.808. The van der Waals surface area contributed by atoms with Crippen molar-refractivity contribution in [3.05, 3.63) is 48.5 Å². The summed E-state index contributed by atoms with van der Waals surface area (Å²) < 4.78 is 5.22. The molecule has 0 unspecified atom stereocenters. The van der Waals surface area contributed by atoms with Crippen molar-refractivity contribution in [1.29, 1.82) is 0 Å². The summed E-state index contributed by atoms with van der Waals surface area (Å²) >= 11 is 0. The van der Waals surface area contributed by atoms with Crippen LogP contribution in [0.25, 0.3) is 0 Å². The van der Waals surface area contributed by atoms with Gasteiger partial charge in [-0.25, -0.2) is 4.79 Å². The molecule has 1 fully saturated rings. The summed E-state index contributed by atoms with van der Waals surface area (Å²) in [7, 11) is 1.65. The molecule has 2 aromatic rings. The number of anilines is 3. The van der Waals surface area contributed by atoms with Crippen LogP contribution >= 0.6 is 0 Å². The van der Waals surface area contributed by atoms with Crippen molar-refractivity contribution in [2.45, 2.75) is 38.1 Å². The Morgan fingerprint density at radius 2 is 1.68 bits per heavy atom. The number of benzene rings is 2. The fourth-order valence-electron chi connectivity index (χ4n) is 3.10. The third-order valence-electron chi connectivity index (χ3n) is 4.44. The lowest BCUT2D eigenvalue weighted by molar-refractivity contribution is 0.244. The summed E-state index contributed by atoms with van der Waals surface area (Å²) in [4.78, 5) is 12.1. The number of ether oxygens (including phenoxy) is 1. The summed E-state index contributed by atoms with van der Waals surface area (Å²) in [6, 6.07) is 15.6. The van der Waals surface area contributed by atoms with Gasteiger partial charge in [-0.1, -0.05) is 25.3 Å². The van der Waals surface area contributed by atoms with Crippen LogP contribution in [0.2, 0.25) is 0 Å². The van der Waals surface area contributed by atoms with E-state index in [1.165, 1.54) is 19.3 Å². The summed E-state index contributed by atoms with van der Waals surface area (Å²) in [5, 5.41) is 9.27. The minimum Gasteiger partial charge on any atom is -0.497 e. The minimum absolute atomic E-state index is 0.125. The molecule has 25 heavy (non-hydrogen) atoms. The van der Waals surface area contributed by atoms with Crippen LogP contribution in [0.3, 0.4) is 0 Å². The maximum atomic E-state index is 12.1. The lowest BCUT2D eigenvalue weighted by atomic mass is 9.96. The van der Waals surface area contributed by atoms with Gasteiger partial charge in [0.05, 0.1) is 7.11 Å². The highest BCUT2D eigenvalue weighted by Gasteiger charge is 2.15. The molecule has 0 saturated heterocycles. The van der Waals surface area contributed by atoms with Crippen molar-refractivity contribution in [1.82, 2.24) is 5.32 Å². The number of amides is 2. The second kappa shape index (κ2) is 8.42. The van der Waals surface area contributed by atoms with Gasteiger partial charge < -0.3 is 20.7 Å². The molecule has 0 atom stereocenters. The number of methoxy groups -OCH3 is 1. The topological polar surface area (TPSA) is 62.4 Å². The molecule has 0 aliphatic heterocycles. The lowest BCUT2D eigenvalue weighted by Gasteiger charge is -2.22. The van der Waals surface area contributed by atoms with Gasteiger partial charge in [-0.2, -0.15) is 0 Å². The Morgan fingerprint density at radius 3 is 2.40 bits per heavy atom. The van der Waals surface area contributed by atoms with Crippen molar-refractivity contribution in [2.24, 2.45) is 0 Å². The molecule has 2 aromatic carbocycles. The molecule has 1 aliphatic carbocycles. The van der Waals surface area contributed by atoms with Gasteiger partial charge >= 0.3 is 6.03 Å². The largest absolute Gasteiger partial charge is 0.497 e. The van der Waals surface area contributed by atoms with E-state index in [0.717, 1.165) is 35.7 Å². The Bertz CT molecular complexity index is 694. The fourth-order valence-corrected chi connectivity index (χ4v) is 3.10. The number of hydrogen-bond acceptors (Lipinski definition) is 3. The van der Waals surface area contributed by atoms with Crippen molar-refractivity contribution in [2.75, 3.05) is 17.7 Å². The highest BCUT2D eigenvalue weighted by molar-refractivity contribution is 5.89. The van der Waals surface area contributed by atoms with E-state index in [0.29, 0.717) is 6.04 Å². The zero-order chi connectivity index (χ0) is 17.5. The standard InChI is InChI=1S/C20H25N3O2/c1-25-19-9-5-8-18(14-19)21-16-10-12-17(13-11-16)23-20(24)22-15-6-3-2-4-7-15/h5,8-15,21H,2-4,6-7H2,1H3,(H2,22,23,24). The van der Waals surface area contributed by atoms with E-state index >= 15 is 0 Å². The van der Waals surface area contributed by atoms with E-state index in [9.17, 15) is 4.79 Å². The predicted octanol–water partition coefficient (Wildman–Crippen LogP) is 4.89. The molecule has 132 valence electrons. The van der Waals surface area contributed by atoms with Crippen molar-refractivity contribution in [3.63, 3.8) is 0 Å². The molecule has 0 heterocycles. The van der Waals surface area contributed by atoms with Crippen LogP contribution in [0.5, 0.6) is 5.75 Å². The van der Waals surface area contributed by atoms with Gasteiger partial charge in [-0.05, 0) is 49.2 Å². The first-order valence-corrected chi connectivity index (χ1v) is 8.81. The normalized spacial score (nSPS) is 14.6. The highest BCUT2D eigenvalue weighted by atomic mass is 16.5. The van der Waals surface area contributed by atoms with Crippen molar-refractivity contribution < 1.29 is 9.53 Å². The average Bonchev–Trinajstić information content (AvgIpc) is 2.64. The van der Waals surface area contributed by atoms with E-state index < -0.39 is 0 Å². The molecule has 0 aromatic heterocycles. The first kappa shape index (κ1) is 17.1. The first-order chi connectivity index (χ1) is 12.2. The Morgan fingerprint density at radius 1 is 0.960 bits per heavy atom. The van der Waals surface area contributed by atoms with E-state index in [4.69, 9.17) is 4.74 Å². The molecule has 5 nitrogen and oxygen atoms in total. The molecule has 1 saturated carbocycles. The molecule has 0 radical (unpaired) electrons. The van der Waals surface area contributed by atoms with Crippen molar-refractivity contribution in [3.8, 4) is 5.75 Å². The van der Waals surface area contributed by atoms with Gasteiger partial charge in [0.2, 0.25) is 0 Å².